The van der Waals surface area contributed by atoms with E-state index in [1.807, 2.05) is 0 Å². The summed E-state index contributed by atoms with van der Waals surface area (Å²) >= 11 is 0. The van der Waals surface area contributed by atoms with Gasteiger partial charge in [-0.25, -0.2) is 0 Å². The third-order valence-electron chi connectivity index (χ3n) is 14.5. The lowest BCUT2D eigenvalue weighted by atomic mass is 9.70. The molecule has 3 aliphatic rings. The average Bonchev–Trinajstić information content (AvgIpc) is 3.88. The van der Waals surface area contributed by atoms with Crippen molar-refractivity contribution in [1.82, 2.24) is 0 Å². The first-order chi connectivity index (χ1) is 30.7. The zero-order valence-corrected chi connectivity index (χ0v) is 36.6. The molecule has 0 saturated heterocycles. The van der Waals surface area contributed by atoms with E-state index in [-0.39, 0.29) is 10.8 Å². The summed E-state index contributed by atoms with van der Waals surface area (Å²) in [6, 6.07) is 77.7. The van der Waals surface area contributed by atoms with E-state index in [2.05, 4.69) is 246 Å². The molecule has 0 amide bonds. The molecule has 1 nitrogen and oxygen atoms in total. The largest absolute Gasteiger partial charge is 0.309 e. The first-order valence-electron chi connectivity index (χ1n) is 22.4. The van der Waals surface area contributed by atoms with Crippen LogP contribution in [-0.2, 0) is 16.2 Å². The number of hydrogen-bond acceptors (Lipinski definition) is 1. The smallest absolute Gasteiger partial charge is 0.0726 e. The maximum atomic E-state index is 2.55. The van der Waals surface area contributed by atoms with E-state index >= 15 is 0 Å². The Kier molecular flexibility index (Phi) is 8.13. The Labute approximate surface area is 372 Å². The zero-order chi connectivity index (χ0) is 42.7. The number of anilines is 3. The highest BCUT2D eigenvalue weighted by atomic mass is 15.1. The van der Waals surface area contributed by atoms with Gasteiger partial charge in [0.1, 0.15) is 0 Å². The van der Waals surface area contributed by atoms with E-state index in [1.165, 1.54) is 94.6 Å². The Morgan fingerprint density at radius 3 is 1.44 bits per heavy atom. The van der Waals surface area contributed by atoms with Gasteiger partial charge in [-0.1, -0.05) is 217 Å². The summed E-state index contributed by atoms with van der Waals surface area (Å²) < 4.78 is 0. The lowest BCUT2D eigenvalue weighted by molar-refractivity contribution is 0.584. The third-order valence-corrected chi connectivity index (χ3v) is 14.5. The normalized spacial score (nSPS) is 14.4. The van der Waals surface area contributed by atoms with Crippen molar-refractivity contribution >= 4 is 17.1 Å². The summed E-state index contributed by atoms with van der Waals surface area (Å²) in [5.41, 5.74) is 25.1. The van der Waals surface area contributed by atoms with Crippen LogP contribution < -0.4 is 4.90 Å². The topological polar surface area (TPSA) is 3.24 Å². The summed E-state index contributed by atoms with van der Waals surface area (Å²) in [5.74, 6) is 0. The van der Waals surface area contributed by atoms with Gasteiger partial charge in [-0.3, -0.25) is 0 Å². The van der Waals surface area contributed by atoms with Crippen molar-refractivity contribution in [2.45, 2.75) is 50.9 Å². The molecular formula is C62H49N. The summed E-state index contributed by atoms with van der Waals surface area (Å²) in [6.45, 7) is 11.8. The van der Waals surface area contributed by atoms with Gasteiger partial charge < -0.3 is 4.90 Å². The van der Waals surface area contributed by atoms with E-state index in [4.69, 9.17) is 0 Å². The molecule has 63 heavy (non-hydrogen) atoms. The Bertz CT molecular complexity index is 3240. The van der Waals surface area contributed by atoms with Crippen LogP contribution in [0.15, 0.2) is 206 Å². The van der Waals surface area contributed by atoms with Gasteiger partial charge in [0.15, 0.2) is 0 Å². The predicted molar refractivity (Wildman–Crippen MR) is 265 cm³/mol. The van der Waals surface area contributed by atoms with Crippen LogP contribution in [0.1, 0.15) is 73.6 Å². The molecule has 0 atom stereocenters. The Morgan fingerprint density at radius 2 is 0.825 bits per heavy atom. The molecule has 0 aliphatic heterocycles. The van der Waals surface area contributed by atoms with Crippen molar-refractivity contribution < 1.29 is 0 Å². The molecule has 0 heterocycles. The lowest BCUT2D eigenvalue weighted by Gasteiger charge is -2.33. The monoisotopic (exact) mass is 807 g/mol. The highest BCUT2D eigenvalue weighted by Crippen LogP contribution is 2.64. The van der Waals surface area contributed by atoms with E-state index in [0.29, 0.717) is 0 Å². The number of hydrogen-bond donors (Lipinski definition) is 0. The van der Waals surface area contributed by atoms with E-state index < -0.39 is 5.41 Å². The Hall–Kier alpha value is -7.22. The molecule has 0 unspecified atom stereocenters. The van der Waals surface area contributed by atoms with Crippen molar-refractivity contribution in [3.63, 3.8) is 0 Å². The van der Waals surface area contributed by atoms with E-state index in [1.54, 1.807) is 0 Å². The fourth-order valence-electron chi connectivity index (χ4n) is 11.5. The standard InChI is InChI=1S/C62H49N/c1-60(2,3)41-34-36-50-55(38-41)61(4,5)54-31-19-27-49(59(50)54)48-26-13-18-33-58(48)63(57-32-17-12-22-43(57)40-20-7-6-8-21-40)42-35-37-47-46-25-11-16-30-53(46)62(56(47)39-42)51-28-14-9-23-44(51)45-24-10-15-29-52(45)62/h6-39H,1-5H3. The molecule has 1 heteroatoms. The van der Waals surface area contributed by atoms with Gasteiger partial charge in [-0.2, -0.15) is 0 Å². The minimum absolute atomic E-state index is 0.0560. The number of benzene rings is 9. The van der Waals surface area contributed by atoms with Crippen molar-refractivity contribution in [1.29, 1.82) is 0 Å². The summed E-state index contributed by atoms with van der Waals surface area (Å²) in [6.07, 6.45) is 0. The summed E-state index contributed by atoms with van der Waals surface area (Å²) in [4.78, 5) is 2.55. The highest BCUT2D eigenvalue weighted by Gasteiger charge is 2.51. The van der Waals surface area contributed by atoms with Gasteiger partial charge in [0.25, 0.3) is 0 Å². The van der Waals surface area contributed by atoms with Crippen molar-refractivity contribution in [3.05, 3.63) is 245 Å². The third kappa shape index (κ3) is 5.29. The van der Waals surface area contributed by atoms with Crippen LogP contribution in [-0.4, -0.2) is 0 Å². The van der Waals surface area contributed by atoms with Crippen LogP contribution in [0.2, 0.25) is 0 Å². The minimum Gasteiger partial charge on any atom is -0.309 e. The SMILES string of the molecule is CC(C)(C)c1ccc2c(c1)C(C)(C)c1cccc(-c3ccccc3N(c3ccc4c(c3)C3(c5ccccc5-c5ccccc53)c3ccccc3-4)c3ccccc3-c3ccccc3)c1-2. The number of para-hydroxylation sites is 2. The minimum atomic E-state index is -0.458. The summed E-state index contributed by atoms with van der Waals surface area (Å²) in [7, 11) is 0. The number of rotatable bonds is 5. The molecule has 9 aromatic rings. The van der Waals surface area contributed by atoms with Crippen molar-refractivity contribution in [2.24, 2.45) is 0 Å². The molecule has 0 N–H and O–H groups in total. The van der Waals surface area contributed by atoms with Crippen LogP contribution in [0.4, 0.5) is 17.1 Å². The fraction of sp³-hybridized carbons (Fsp3) is 0.129. The highest BCUT2D eigenvalue weighted by molar-refractivity contribution is 6.01. The average molecular weight is 808 g/mol. The molecule has 12 rings (SSSR count). The molecular weight excluding hydrogens is 759 g/mol. The van der Waals surface area contributed by atoms with Crippen LogP contribution in [0, 0.1) is 0 Å². The molecule has 0 saturated carbocycles. The molecule has 0 bridgehead atoms. The zero-order valence-electron chi connectivity index (χ0n) is 36.6. The van der Waals surface area contributed by atoms with Gasteiger partial charge in [0.05, 0.1) is 16.8 Å². The van der Waals surface area contributed by atoms with Gasteiger partial charge in [-0.15, -0.1) is 0 Å². The van der Waals surface area contributed by atoms with Crippen molar-refractivity contribution in [2.75, 3.05) is 4.90 Å². The lowest BCUT2D eigenvalue weighted by Crippen LogP contribution is -2.26. The van der Waals surface area contributed by atoms with Crippen molar-refractivity contribution in [3.8, 4) is 55.6 Å². The first kappa shape index (κ1) is 37.5. The van der Waals surface area contributed by atoms with Gasteiger partial charge in [0.2, 0.25) is 0 Å². The van der Waals surface area contributed by atoms with Gasteiger partial charge in [0, 0.05) is 22.2 Å². The van der Waals surface area contributed by atoms with E-state index in [9.17, 15) is 0 Å². The predicted octanol–water partition coefficient (Wildman–Crippen LogP) is 16.4. The van der Waals surface area contributed by atoms with Crippen LogP contribution in [0.3, 0.4) is 0 Å². The Balaban J connectivity index is 1.14. The van der Waals surface area contributed by atoms with Crippen LogP contribution in [0.25, 0.3) is 55.6 Å². The molecule has 9 aromatic carbocycles. The second-order valence-corrected chi connectivity index (χ2v) is 19.2. The molecule has 0 radical (unpaired) electrons. The van der Waals surface area contributed by atoms with Crippen LogP contribution >= 0.6 is 0 Å². The van der Waals surface area contributed by atoms with Crippen LogP contribution in [0.5, 0.6) is 0 Å². The van der Waals surface area contributed by atoms with Gasteiger partial charge >= 0.3 is 0 Å². The maximum Gasteiger partial charge on any atom is 0.0726 e. The molecule has 1 spiro atoms. The molecule has 302 valence electrons. The molecule has 0 fully saturated rings. The van der Waals surface area contributed by atoms with Gasteiger partial charge in [-0.05, 0) is 113 Å². The second-order valence-electron chi connectivity index (χ2n) is 19.2. The first-order valence-corrected chi connectivity index (χ1v) is 22.4. The number of fused-ring (bicyclic) bond motifs is 13. The van der Waals surface area contributed by atoms with E-state index in [0.717, 1.165) is 17.1 Å². The molecule has 3 aliphatic carbocycles. The maximum absolute atomic E-state index is 2.55. The quantitative estimate of drug-likeness (QED) is 0.167. The molecule has 0 aromatic heterocycles. The fourth-order valence-corrected chi connectivity index (χ4v) is 11.5. The number of nitrogens with zero attached hydrogens (tertiary/aromatic N) is 1. The Morgan fingerprint density at radius 1 is 0.349 bits per heavy atom. The summed E-state index contributed by atoms with van der Waals surface area (Å²) in [5, 5.41) is 0. The second kappa shape index (κ2) is 13.6.